The second kappa shape index (κ2) is 6.44. The first-order chi connectivity index (χ1) is 8.13. The fourth-order valence-electron chi connectivity index (χ4n) is 1.15. The van der Waals surface area contributed by atoms with Gasteiger partial charge >= 0.3 is 0 Å². The molecule has 0 fully saturated rings. The van der Waals surface area contributed by atoms with Crippen molar-refractivity contribution < 1.29 is 9.59 Å². The number of hydrogen-bond donors (Lipinski definition) is 4. The van der Waals surface area contributed by atoms with Crippen molar-refractivity contribution in [1.82, 2.24) is 15.6 Å². The fraction of sp³-hybridized carbons (Fsp3) is 0.300. The van der Waals surface area contributed by atoms with E-state index < -0.39 is 0 Å². The molecule has 17 heavy (non-hydrogen) atoms. The molecule has 92 valence electrons. The predicted molar refractivity (Wildman–Crippen MR) is 63.1 cm³/mol. The number of hydrazine groups is 1. The van der Waals surface area contributed by atoms with Gasteiger partial charge in [-0.1, -0.05) is 6.07 Å². The maximum atomic E-state index is 11.6. The number of carbonyl (C=O) groups is 2. The van der Waals surface area contributed by atoms with E-state index in [2.05, 4.69) is 21.0 Å². The molecule has 0 saturated carbocycles. The van der Waals surface area contributed by atoms with Gasteiger partial charge in [-0.05, 0) is 12.1 Å². The second-order valence-corrected chi connectivity index (χ2v) is 3.29. The van der Waals surface area contributed by atoms with Crippen molar-refractivity contribution >= 4 is 17.6 Å². The number of aromatic nitrogens is 1. The molecule has 0 atom stereocenters. The molecule has 1 heterocycles. The standard InChI is InChI=1S/C10H15N5O2/c1-7(16)12-5-6-13-10(17)8-3-2-4-9(14-8)15-11/h2-4H,5-6,11H2,1H3,(H,12,16)(H,13,17)(H,14,15). The molecule has 0 radical (unpaired) electrons. The van der Waals surface area contributed by atoms with Crippen molar-refractivity contribution in [2.75, 3.05) is 18.5 Å². The zero-order valence-corrected chi connectivity index (χ0v) is 9.49. The molecule has 0 aliphatic carbocycles. The van der Waals surface area contributed by atoms with Gasteiger partial charge in [0, 0.05) is 20.0 Å². The molecule has 0 unspecified atom stereocenters. The van der Waals surface area contributed by atoms with Crippen molar-refractivity contribution in [1.29, 1.82) is 0 Å². The van der Waals surface area contributed by atoms with Crippen LogP contribution in [0.3, 0.4) is 0 Å². The van der Waals surface area contributed by atoms with Crippen LogP contribution in [-0.4, -0.2) is 29.9 Å². The highest BCUT2D eigenvalue weighted by molar-refractivity contribution is 5.92. The molecule has 0 aliphatic heterocycles. The Hall–Kier alpha value is -2.15. The lowest BCUT2D eigenvalue weighted by Gasteiger charge is -2.06. The predicted octanol–water partition coefficient (Wildman–Crippen LogP) is -0.767. The first-order valence-corrected chi connectivity index (χ1v) is 5.10. The van der Waals surface area contributed by atoms with Crippen molar-refractivity contribution in [3.63, 3.8) is 0 Å². The van der Waals surface area contributed by atoms with Crippen LogP contribution < -0.4 is 21.9 Å². The van der Waals surface area contributed by atoms with Crippen LogP contribution in [0.1, 0.15) is 17.4 Å². The van der Waals surface area contributed by atoms with Crippen molar-refractivity contribution in [2.45, 2.75) is 6.92 Å². The highest BCUT2D eigenvalue weighted by Crippen LogP contribution is 2.02. The lowest BCUT2D eigenvalue weighted by molar-refractivity contribution is -0.118. The highest BCUT2D eigenvalue weighted by Gasteiger charge is 2.06. The van der Waals surface area contributed by atoms with E-state index in [9.17, 15) is 9.59 Å². The lowest BCUT2D eigenvalue weighted by atomic mass is 10.3. The van der Waals surface area contributed by atoms with Crippen LogP contribution in [0.2, 0.25) is 0 Å². The zero-order chi connectivity index (χ0) is 12.7. The first-order valence-electron chi connectivity index (χ1n) is 5.10. The SMILES string of the molecule is CC(=O)NCCNC(=O)c1cccc(NN)n1. The molecule has 1 aromatic rings. The minimum absolute atomic E-state index is 0.133. The Kier molecular flexibility index (Phi) is 4.89. The summed E-state index contributed by atoms with van der Waals surface area (Å²) in [6.07, 6.45) is 0. The average Bonchev–Trinajstić information content (AvgIpc) is 2.34. The van der Waals surface area contributed by atoms with Gasteiger partial charge in [-0.15, -0.1) is 0 Å². The molecule has 1 aromatic heterocycles. The Morgan fingerprint density at radius 3 is 2.65 bits per heavy atom. The van der Waals surface area contributed by atoms with Gasteiger partial charge in [-0.3, -0.25) is 9.59 Å². The third-order valence-electron chi connectivity index (χ3n) is 1.91. The van der Waals surface area contributed by atoms with Crippen molar-refractivity contribution in [2.24, 2.45) is 5.84 Å². The molecule has 1 rings (SSSR count). The van der Waals surface area contributed by atoms with Gasteiger partial charge in [0.1, 0.15) is 11.5 Å². The smallest absolute Gasteiger partial charge is 0.270 e. The Labute approximate surface area is 98.8 Å². The van der Waals surface area contributed by atoms with E-state index in [4.69, 9.17) is 5.84 Å². The summed E-state index contributed by atoms with van der Waals surface area (Å²) < 4.78 is 0. The first kappa shape index (κ1) is 12.9. The minimum atomic E-state index is -0.313. The summed E-state index contributed by atoms with van der Waals surface area (Å²) in [4.78, 5) is 26.2. The van der Waals surface area contributed by atoms with Crippen molar-refractivity contribution in [3.05, 3.63) is 23.9 Å². The molecular weight excluding hydrogens is 222 g/mol. The number of nitrogen functional groups attached to an aromatic ring is 1. The maximum absolute atomic E-state index is 11.6. The zero-order valence-electron chi connectivity index (χ0n) is 9.49. The highest BCUT2D eigenvalue weighted by atomic mass is 16.2. The molecule has 0 aromatic carbocycles. The normalized spacial score (nSPS) is 9.53. The Balaban J connectivity index is 2.43. The Morgan fingerprint density at radius 2 is 2.00 bits per heavy atom. The third kappa shape index (κ3) is 4.47. The largest absolute Gasteiger partial charge is 0.355 e. The Bertz CT molecular complexity index is 407. The summed E-state index contributed by atoms with van der Waals surface area (Å²) >= 11 is 0. The van der Waals surface area contributed by atoms with E-state index in [-0.39, 0.29) is 17.5 Å². The van der Waals surface area contributed by atoms with E-state index in [0.717, 1.165) is 0 Å². The summed E-state index contributed by atoms with van der Waals surface area (Å²) in [7, 11) is 0. The van der Waals surface area contributed by atoms with Gasteiger partial charge in [0.25, 0.3) is 5.91 Å². The monoisotopic (exact) mass is 237 g/mol. The third-order valence-corrected chi connectivity index (χ3v) is 1.91. The van der Waals surface area contributed by atoms with Crippen molar-refractivity contribution in [3.8, 4) is 0 Å². The molecule has 7 nitrogen and oxygen atoms in total. The molecule has 5 N–H and O–H groups in total. The number of carbonyl (C=O) groups excluding carboxylic acids is 2. The van der Waals surface area contributed by atoms with Crippen LogP contribution in [0.15, 0.2) is 18.2 Å². The molecular formula is C10H15N5O2. The number of anilines is 1. The van der Waals surface area contributed by atoms with E-state index in [1.807, 2.05) is 0 Å². The van der Waals surface area contributed by atoms with Gasteiger partial charge in [0.2, 0.25) is 5.91 Å². The van der Waals surface area contributed by atoms with Crippen LogP contribution in [0.25, 0.3) is 0 Å². The van der Waals surface area contributed by atoms with E-state index >= 15 is 0 Å². The molecule has 7 heteroatoms. The molecule has 2 amide bonds. The lowest BCUT2D eigenvalue weighted by Crippen LogP contribution is -2.34. The number of nitrogens with zero attached hydrogens (tertiary/aromatic N) is 1. The average molecular weight is 237 g/mol. The number of nitrogens with two attached hydrogens (primary N) is 1. The fourth-order valence-corrected chi connectivity index (χ4v) is 1.15. The van der Waals surface area contributed by atoms with Crippen LogP contribution >= 0.6 is 0 Å². The quantitative estimate of drug-likeness (QED) is 0.305. The number of amides is 2. The summed E-state index contributed by atoms with van der Waals surface area (Å²) in [5, 5.41) is 5.19. The molecule has 0 spiro atoms. The Morgan fingerprint density at radius 1 is 1.29 bits per heavy atom. The molecule has 0 saturated heterocycles. The van der Waals surface area contributed by atoms with Crippen LogP contribution in [0.4, 0.5) is 5.82 Å². The van der Waals surface area contributed by atoms with Crippen LogP contribution in [0.5, 0.6) is 0 Å². The van der Waals surface area contributed by atoms with Gasteiger partial charge in [-0.25, -0.2) is 10.8 Å². The number of rotatable bonds is 5. The molecule has 0 aliphatic rings. The van der Waals surface area contributed by atoms with E-state index in [0.29, 0.717) is 18.9 Å². The summed E-state index contributed by atoms with van der Waals surface area (Å²) in [5.74, 6) is 5.15. The minimum Gasteiger partial charge on any atom is -0.355 e. The summed E-state index contributed by atoms with van der Waals surface area (Å²) in [6.45, 7) is 2.15. The maximum Gasteiger partial charge on any atom is 0.270 e. The van der Waals surface area contributed by atoms with Crippen LogP contribution in [0, 0.1) is 0 Å². The number of pyridine rings is 1. The number of nitrogens with one attached hydrogen (secondary N) is 3. The summed E-state index contributed by atoms with van der Waals surface area (Å²) in [6, 6.07) is 4.90. The summed E-state index contributed by atoms with van der Waals surface area (Å²) in [5.41, 5.74) is 2.62. The van der Waals surface area contributed by atoms with Gasteiger partial charge in [-0.2, -0.15) is 0 Å². The second-order valence-electron chi connectivity index (χ2n) is 3.29. The number of hydrogen-bond acceptors (Lipinski definition) is 5. The topological polar surface area (TPSA) is 109 Å². The van der Waals surface area contributed by atoms with E-state index in [1.54, 1.807) is 18.2 Å². The van der Waals surface area contributed by atoms with Crippen LogP contribution in [-0.2, 0) is 4.79 Å². The van der Waals surface area contributed by atoms with Gasteiger partial charge in [0.05, 0.1) is 0 Å². The molecule has 0 bridgehead atoms. The van der Waals surface area contributed by atoms with Gasteiger partial charge in [0.15, 0.2) is 0 Å². The van der Waals surface area contributed by atoms with Gasteiger partial charge < -0.3 is 16.1 Å². The van der Waals surface area contributed by atoms with E-state index in [1.165, 1.54) is 6.92 Å².